The average Bonchev–Trinajstić information content (AvgIpc) is 3.13. The molecule has 0 radical (unpaired) electrons. The van der Waals surface area contributed by atoms with Gasteiger partial charge in [0.05, 0.1) is 0 Å². The van der Waals surface area contributed by atoms with Gasteiger partial charge >= 0.3 is 12.0 Å². The lowest BCUT2D eigenvalue weighted by atomic mass is 10.1. The number of urea groups is 1. The molecular weight excluding hydrogens is 406 g/mol. The molecule has 2 heterocycles. The molecule has 2 N–H and O–H groups in total. The largest absolute Gasteiger partial charge is 0.480 e. The molecular formula is C22H18ClN3O4. The topological polar surface area (TPSA) is 91.6 Å². The van der Waals surface area contributed by atoms with Gasteiger partial charge in [-0.05, 0) is 36.8 Å². The predicted octanol–water partition coefficient (Wildman–Crippen LogP) is 3.63. The normalized spacial score (nSPS) is 15.3. The highest BCUT2D eigenvalue weighted by atomic mass is 35.5. The molecule has 3 aromatic rings. The van der Waals surface area contributed by atoms with E-state index in [2.05, 4.69) is 9.88 Å². The van der Waals surface area contributed by atoms with Gasteiger partial charge in [0.2, 0.25) is 0 Å². The quantitative estimate of drug-likeness (QED) is 0.484. The van der Waals surface area contributed by atoms with Gasteiger partial charge in [0.15, 0.2) is 0 Å². The van der Waals surface area contributed by atoms with Crippen LogP contribution in [0.5, 0.6) is 0 Å². The Bertz CT molecular complexity index is 1210. The van der Waals surface area contributed by atoms with Crippen molar-refractivity contribution in [2.75, 3.05) is 6.54 Å². The number of benzene rings is 2. The summed E-state index contributed by atoms with van der Waals surface area (Å²) in [7, 11) is 0. The van der Waals surface area contributed by atoms with Crippen LogP contribution in [0, 0.1) is 6.92 Å². The molecule has 0 atom stereocenters. The molecule has 2 aromatic carbocycles. The van der Waals surface area contributed by atoms with Crippen molar-refractivity contribution in [1.29, 1.82) is 0 Å². The first kappa shape index (κ1) is 19.7. The average molecular weight is 424 g/mol. The maximum atomic E-state index is 12.5. The van der Waals surface area contributed by atoms with E-state index in [1.165, 1.54) is 0 Å². The fraction of sp³-hybridized carbons (Fsp3) is 0.136. The van der Waals surface area contributed by atoms with E-state index in [4.69, 9.17) is 16.7 Å². The van der Waals surface area contributed by atoms with Gasteiger partial charge in [0.1, 0.15) is 12.2 Å². The number of fused-ring (bicyclic) bond motifs is 1. The van der Waals surface area contributed by atoms with Crippen LogP contribution in [-0.4, -0.2) is 39.0 Å². The van der Waals surface area contributed by atoms with E-state index in [0.29, 0.717) is 16.5 Å². The van der Waals surface area contributed by atoms with Crippen molar-refractivity contribution >= 4 is 46.5 Å². The van der Waals surface area contributed by atoms with E-state index in [1.807, 2.05) is 55.5 Å². The van der Waals surface area contributed by atoms with Gasteiger partial charge in [-0.15, -0.1) is 0 Å². The summed E-state index contributed by atoms with van der Waals surface area (Å²) >= 11 is 5.99. The van der Waals surface area contributed by atoms with Crippen LogP contribution in [0.4, 0.5) is 4.79 Å². The second kappa shape index (κ2) is 7.68. The van der Waals surface area contributed by atoms with E-state index < -0.39 is 24.5 Å². The summed E-state index contributed by atoms with van der Waals surface area (Å²) in [6, 6.07) is 14.6. The van der Waals surface area contributed by atoms with Crippen molar-refractivity contribution < 1.29 is 19.5 Å². The second-order valence-corrected chi connectivity index (χ2v) is 7.44. The van der Waals surface area contributed by atoms with Crippen LogP contribution < -0.4 is 5.32 Å². The number of imide groups is 1. The Morgan fingerprint density at radius 3 is 2.53 bits per heavy atom. The predicted molar refractivity (Wildman–Crippen MR) is 113 cm³/mol. The number of carboxylic acid groups (broad SMARTS) is 1. The summed E-state index contributed by atoms with van der Waals surface area (Å²) in [4.78, 5) is 36.2. The molecule has 8 heteroatoms. The molecule has 4 rings (SSSR count). The number of para-hydroxylation sites is 1. The van der Waals surface area contributed by atoms with Gasteiger partial charge in [-0.3, -0.25) is 9.59 Å². The number of amides is 3. The summed E-state index contributed by atoms with van der Waals surface area (Å²) in [5, 5.41) is 13.0. The third kappa shape index (κ3) is 3.55. The lowest BCUT2D eigenvalue weighted by Crippen LogP contribution is -2.35. The molecule has 152 valence electrons. The molecule has 0 saturated carbocycles. The van der Waals surface area contributed by atoms with Crippen molar-refractivity contribution in [2.24, 2.45) is 0 Å². The smallest absolute Gasteiger partial charge is 0.329 e. The number of carbonyl (C=O) groups is 3. The number of aromatic nitrogens is 1. The molecule has 7 nitrogen and oxygen atoms in total. The summed E-state index contributed by atoms with van der Waals surface area (Å²) in [5.74, 6) is -1.91. The van der Waals surface area contributed by atoms with E-state index in [-0.39, 0.29) is 5.70 Å². The van der Waals surface area contributed by atoms with Gasteiger partial charge in [-0.1, -0.05) is 41.9 Å². The summed E-state index contributed by atoms with van der Waals surface area (Å²) in [6.07, 6.45) is 1.61. The van der Waals surface area contributed by atoms with E-state index in [9.17, 15) is 14.4 Å². The number of hydrogen-bond acceptors (Lipinski definition) is 3. The van der Waals surface area contributed by atoms with Crippen molar-refractivity contribution in [1.82, 2.24) is 14.8 Å². The van der Waals surface area contributed by atoms with Crippen LogP contribution in [0.25, 0.3) is 17.0 Å². The number of halogens is 1. The molecule has 1 aromatic heterocycles. The molecule has 3 amide bonds. The van der Waals surface area contributed by atoms with Crippen LogP contribution in [0.15, 0.2) is 54.2 Å². The fourth-order valence-corrected chi connectivity index (χ4v) is 3.74. The van der Waals surface area contributed by atoms with Crippen molar-refractivity contribution in [3.05, 3.63) is 76.1 Å². The minimum Gasteiger partial charge on any atom is -0.480 e. The number of rotatable bonds is 5. The Morgan fingerprint density at radius 2 is 1.83 bits per heavy atom. The molecule has 30 heavy (non-hydrogen) atoms. The summed E-state index contributed by atoms with van der Waals surface area (Å²) in [5.41, 5.74) is 3.81. The molecule has 0 bridgehead atoms. The number of carboxylic acids is 1. The zero-order chi connectivity index (χ0) is 21.4. The Morgan fingerprint density at radius 1 is 1.13 bits per heavy atom. The zero-order valence-corrected chi connectivity index (χ0v) is 16.8. The van der Waals surface area contributed by atoms with E-state index in [1.54, 1.807) is 6.08 Å². The standard InChI is InChI=1S/C22H18ClN3O4/c1-13-17(10-18-21(29)26(12-20(27)28)22(30)24-18)16-4-2-3-5-19(16)25(13)11-14-6-8-15(23)9-7-14/h2-10H,11-12H2,1H3,(H,24,30)(H,27,28)/b18-10+. The monoisotopic (exact) mass is 423 g/mol. The number of aliphatic carboxylic acids is 1. The molecule has 0 unspecified atom stereocenters. The molecule has 1 fully saturated rings. The fourth-order valence-electron chi connectivity index (χ4n) is 3.61. The SMILES string of the molecule is Cc1c(/C=C2/NC(=O)N(CC(=O)O)C2=O)c2ccccc2n1Cc1ccc(Cl)cc1. The minimum atomic E-state index is -1.25. The molecule has 1 aliphatic rings. The second-order valence-electron chi connectivity index (χ2n) is 7.00. The minimum absolute atomic E-state index is 0.0544. The molecule has 0 aliphatic carbocycles. The first-order valence-corrected chi connectivity index (χ1v) is 9.61. The maximum absolute atomic E-state index is 12.5. The number of nitrogens with zero attached hydrogens (tertiary/aromatic N) is 2. The lowest BCUT2D eigenvalue weighted by molar-refractivity contribution is -0.140. The Labute approximate surface area is 177 Å². The van der Waals surface area contributed by atoms with Crippen LogP contribution in [0.3, 0.4) is 0 Å². The van der Waals surface area contributed by atoms with Crippen molar-refractivity contribution in [3.63, 3.8) is 0 Å². The molecule has 1 aliphatic heterocycles. The lowest BCUT2D eigenvalue weighted by Gasteiger charge is -2.09. The third-order valence-corrected chi connectivity index (χ3v) is 5.33. The summed E-state index contributed by atoms with van der Waals surface area (Å²) < 4.78 is 2.13. The van der Waals surface area contributed by atoms with Crippen LogP contribution >= 0.6 is 11.6 Å². The van der Waals surface area contributed by atoms with Gasteiger partial charge in [-0.2, -0.15) is 0 Å². The zero-order valence-electron chi connectivity index (χ0n) is 16.1. The van der Waals surface area contributed by atoms with Crippen molar-refractivity contribution in [3.8, 4) is 0 Å². The summed E-state index contributed by atoms with van der Waals surface area (Å²) in [6.45, 7) is 1.87. The highest BCUT2D eigenvalue weighted by molar-refractivity contribution is 6.30. The maximum Gasteiger partial charge on any atom is 0.329 e. The first-order valence-electron chi connectivity index (χ1n) is 9.24. The number of carbonyl (C=O) groups excluding carboxylic acids is 2. The van der Waals surface area contributed by atoms with E-state index >= 15 is 0 Å². The first-order chi connectivity index (χ1) is 14.3. The van der Waals surface area contributed by atoms with Gasteiger partial charge < -0.3 is 15.0 Å². The highest BCUT2D eigenvalue weighted by Crippen LogP contribution is 2.29. The Balaban J connectivity index is 1.77. The Hall–Kier alpha value is -3.58. The Kier molecular flexibility index (Phi) is 5.05. The van der Waals surface area contributed by atoms with E-state index in [0.717, 1.165) is 27.7 Å². The number of hydrogen-bond donors (Lipinski definition) is 2. The van der Waals surface area contributed by atoms with Crippen LogP contribution in [-0.2, 0) is 16.1 Å². The highest BCUT2D eigenvalue weighted by Gasteiger charge is 2.35. The van der Waals surface area contributed by atoms with Gasteiger partial charge in [-0.25, -0.2) is 9.69 Å². The third-order valence-electron chi connectivity index (χ3n) is 5.08. The van der Waals surface area contributed by atoms with Gasteiger partial charge in [0, 0.05) is 33.7 Å². The molecule has 1 saturated heterocycles. The van der Waals surface area contributed by atoms with Crippen LogP contribution in [0.1, 0.15) is 16.8 Å². The molecule has 0 spiro atoms. The van der Waals surface area contributed by atoms with Crippen molar-refractivity contribution in [2.45, 2.75) is 13.5 Å². The van der Waals surface area contributed by atoms with Crippen LogP contribution in [0.2, 0.25) is 5.02 Å². The number of nitrogens with one attached hydrogen (secondary N) is 1. The van der Waals surface area contributed by atoms with Gasteiger partial charge in [0.25, 0.3) is 5.91 Å².